The number of nitrogens with zero attached hydrogens (tertiary/aromatic N) is 2. The average Bonchev–Trinajstić information content (AvgIpc) is 3.16. The summed E-state index contributed by atoms with van der Waals surface area (Å²) in [5, 5.41) is 2.44. The van der Waals surface area contributed by atoms with Crippen LogP contribution in [0.5, 0.6) is 5.75 Å². The summed E-state index contributed by atoms with van der Waals surface area (Å²) in [7, 11) is -1.01. The van der Waals surface area contributed by atoms with Gasteiger partial charge in [-0.1, -0.05) is 0 Å². The predicted octanol–water partition coefficient (Wildman–Crippen LogP) is 3.27. The Morgan fingerprint density at radius 1 is 1.33 bits per heavy atom. The zero-order valence-corrected chi connectivity index (χ0v) is 18.7. The average molecular weight is 490 g/mol. The lowest BCUT2D eigenvalue weighted by Gasteiger charge is -2.29. The molecule has 2 unspecified atom stereocenters. The number of aromatic nitrogens is 1. The summed E-state index contributed by atoms with van der Waals surface area (Å²) < 4.78 is 85.6. The first kappa shape index (κ1) is 24.7. The minimum Gasteiger partial charge on any atom is -0.491 e. The molecule has 1 aromatic carbocycles. The van der Waals surface area contributed by atoms with Gasteiger partial charge in [-0.05, 0) is 24.3 Å². The van der Waals surface area contributed by atoms with Crippen LogP contribution in [0.2, 0.25) is 0 Å². The van der Waals surface area contributed by atoms with Crippen molar-refractivity contribution in [3.8, 4) is 5.75 Å². The van der Waals surface area contributed by atoms with Gasteiger partial charge < -0.3 is 19.7 Å². The Morgan fingerprint density at radius 3 is 2.61 bits per heavy atom. The highest BCUT2D eigenvalue weighted by molar-refractivity contribution is 7.91. The summed E-state index contributed by atoms with van der Waals surface area (Å²) >= 11 is 0. The smallest absolute Gasteiger partial charge is 0.268 e. The molecule has 1 amide bonds. The van der Waals surface area contributed by atoms with Crippen molar-refractivity contribution in [2.45, 2.75) is 29.5 Å². The Bertz CT molecular complexity index is 1160. The fourth-order valence-corrected chi connectivity index (χ4v) is 4.26. The summed E-state index contributed by atoms with van der Waals surface area (Å²) in [6, 6.07) is 3.27. The van der Waals surface area contributed by atoms with Crippen molar-refractivity contribution >= 4 is 27.0 Å². The van der Waals surface area contributed by atoms with Crippen molar-refractivity contribution in [2.75, 3.05) is 37.2 Å². The molecular formula is C20H22F4N4O4S. The molecule has 0 spiro atoms. The van der Waals surface area contributed by atoms with Crippen LogP contribution in [-0.2, 0) is 19.3 Å². The minimum absolute atomic E-state index is 0.0790. The van der Waals surface area contributed by atoms with Gasteiger partial charge in [-0.15, -0.1) is 0 Å². The zero-order chi connectivity index (χ0) is 24.6. The van der Waals surface area contributed by atoms with Gasteiger partial charge in [-0.25, -0.2) is 27.1 Å². The van der Waals surface area contributed by atoms with Gasteiger partial charge in [0, 0.05) is 31.7 Å². The van der Waals surface area contributed by atoms with E-state index in [0.717, 1.165) is 32.6 Å². The zero-order valence-electron chi connectivity index (χ0n) is 17.9. The Hall–Kier alpha value is -2.93. The maximum absolute atomic E-state index is 14.3. The lowest BCUT2D eigenvalue weighted by molar-refractivity contribution is -0.122. The molecule has 33 heavy (non-hydrogen) atoms. The van der Waals surface area contributed by atoms with Crippen molar-refractivity contribution in [3.63, 3.8) is 0 Å². The molecule has 3 rings (SSSR count). The van der Waals surface area contributed by atoms with Gasteiger partial charge in [0.15, 0.2) is 11.6 Å². The highest BCUT2D eigenvalue weighted by Gasteiger charge is 2.53. The largest absolute Gasteiger partial charge is 0.491 e. The number of carbonyl (C=O) groups excluding carboxylic acids is 1. The molecule has 0 saturated carbocycles. The molecule has 180 valence electrons. The number of hydrogen-bond donors (Lipinski definition) is 2. The Balaban J connectivity index is 2.02. The van der Waals surface area contributed by atoms with Crippen molar-refractivity contribution < 1.29 is 36.0 Å². The molecular weight excluding hydrogens is 468 g/mol. The van der Waals surface area contributed by atoms with Crippen LogP contribution in [0.4, 0.5) is 28.9 Å². The molecule has 2 aromatic rings. The van der Waals surface area contributed by atoms with E-state index in [1.54, 1.807) is 0 Å². The third-order valence-electron chi connectivity index (χ3n) is 5.40. The van der Waals surface area contributed by atoms with Crippen LogP contribution in [0, 0.1) is 16.4 Å². The van der Waals surface area contributed by atoms with E-state index in [1.165, 1.54) is 23.2 Å². The molecule has 0 aliphatic carbocycles. The number of methoxy groups -OCH3 is 2. The van der Waals surface area contributed by atoms with Crippen molar-refractivity contribution in [1.82, 2.24) is 4.98 Å². The van der Waals surface area contributed by atoms with Crippen molar-refractivity contribution in [1.29, 1.82) is 4.78 Å². The first-order valence-electron chi connectivity index (χ1n) is 9.56. The van der Waals surface area contributed by atoms with Crippen LogP contribution < -0.4 is 15.0 Å². The SMILES string of the molecule is COc1c(N2CC(OC)(C(F)F)CC2C(=O)Nc2ccnc([S@](C)(=N)=O)c2)ccc(F)c1F. The molecule has 2 heterocycles. The number of benzene rings is 1. The van der Waals surface area contributed by atoms with Crippen LogP contribution in [0.15, 0.2) is 35.5 Å². The molecule has 1 fully saturated rings. The first-order chi connectivity index (χ1) is 15.4. The molecule has 1 aromatic heterocycles. The maximum Gasteiger partial charge on any atom is 0.268 e. The third kappa shape index (κ3) is 4.74. The fraction of sp³-hybridized carbons (Fsp3) is 0.400. The number of rotatable bonds is 7. The van der Waals surface area contributed by atoms with Gasteiger partial charge in [0.25, 0.3) is 6.43 Å². The molecule has 2 N–H and O–H groups in total. The number of carbonyl (C=O) groups is 1. The molecule has 3 atom stereocenters. The summed E-state index contributed by atoms with van der Waals surface area (Å²) in [5.41, 5.74) is -2.02. The Labute approximate surface area is 187 Å². The van der Waals surface area contributed by atoms with Gasteiger partial charge >= 0.3 is 0 Å². The maximum atomic E-state index is 14.3. The lowest BCUT2D eigenvalue weighted by Crippen LogP contribution is -2.42. The summed E-state index contributed by atoms with van der Waals surface area (Å²) in [4.78, 5) is 18.1. The van der Waals surface area contributed by atoms with Gasteiger partial charge in [-0.2, -0.15) is 4.39 Å². The molecule has 8 nitrogen and oxygen atoms in total. The second-order valence-electron chi connectivity index (χ2n) is 7.55. The lowest BCUT2D eigenvalue weighted by atomic mass is 10.00. The molecule has 1 aliphatic heterocycles. The highest BCUT2D eigenvalue weighted by atomic mass is 32.2. The van der Waals surface area contributed by atoms with E-state index in [0.29, 0.717) is 0 Å². The van der Waals surface area contributed by atoms with Crippen LogP contribution in [0.25, 0.3) is 0 Å². The summed E-state index contributed by atoms with van der Waals surface area (Å²) in [5.74, 6) is -3.83. The second-order valence-corrected chi connectivity index (χ2v) is 9.65. The van der Waals surface area contributed by atoms with Crippen LogP contribution in [-0.4, -0.2) is 60.2 Å². The summed E-state index contributed by atoms with van der Waals surface area (Å²) in [6.07, 6.45) is -1.05. The quantitative estimate of drug-likeness (QED) is 0.578. The van der Waals surface area contributed by atoms with Crippen molar-refractivity contribution in [3.05, 3.63) is 42.1 Å². The molecule has 13 heteroatoms. The van der Waals surface area contributed by atoms with Crippen LogP contribution in [0.3, 0.4) is 0 Å². The number of anilines is 2. The molecule has 1 saturated heterocycles. The monoisotopic (exact) mass is 490 g/mol. The number of pyridine rings is 1. The van der Waals surface area contributed by atoms with E-state index >= 15 is 0 Å². The number of alkyl halides is 2. The molecule has 1 aliphatic rings. The number of ether oxygens (including phenoxy) is 2. The van der Waals surface area contributed by atoms with E-state index < -0.39 is 64.1 Å². The van der Waals surface area contributed by atoms with Gasteiger partial charge in [0.2, 0.25) is 11.7 Å². The van der Waals surface area contributed by atoms with E-state index in [9.17, 15) is 26.6 Å². The van der Waals surface area contributed by atoms with Gasteiger partial charge in [0.1, 0.15) is 16.7 Å². The normalized spacial score (nSPS) is 22.3. The molecule has 0 bridgehead atoms. The van der Waals surface area contributed by atoms with Crippen LogP contribution >= 0.6 is 0 Å². The van der Waals surface area contributed by atoms with E-state index in [4.69, 9.17) is 14.3 Å². The standard InChI is InChI=1S/C20H22F4N4O4S/c1-31-17-13(5-4-12(21)16(17)22)28-10-20(32-2,19(23)24)9-14(28)18(29)27-11-6-7-26-15(8-11)33(3,25)30/h4-8,14,19,25H,9-10H2,1-3H3,(H,26,27,29)/t14?,20?,33-/m1/s1. The predicted molar refractivity (Wildman–Crippen MR) is 112 cm³/mol. The Kier molecular flexibility index (Phi) is 6.84. The van der Waals surface area contributed by atoms with Gasteiger partial charge in [-0.3, -0.25) is 4.79 Å². The van der Waals surface area contributed by atoms with Crippen LogP contribution in [0.1, 0.15) is 6.42 Å². The van der Waals surface area contributed by atoms with E-state index in [-0.39, 0.29) is 16.4 Å². The van der Waals surface area contributed by atoms with E-state index in [1.807, 2.05) is 0 Å². The number of hydrogen-bond acceptors (Lipinski definition) is 7. The fourth-order valence-electron chi connectivity index (χ4n) is 3.65. The third-order valence-corrected chi connectivity index (χ3v) is 6.43. The number of halogens is 4. The highest BCUT2D eigenvalue weighted by Crippen LogP contribution is 2.42. The number of amides is 1. The van der Waals surface area contributed by atoms with Crippen molar-refractivity contribution in [2.24, 2.45) is 0 Å². The minimum atomic E-state index is -3.17. The summed E-state index contributed by atoms with van der Waals surface area (Å²) in [6.45, 7) is -0.502. The van der Waals surface area contributed by atoms with E-state index in [2.05, 4.69) is 10.3 Å². The first-order valence-corrected chi connectivity index (χ1v) is 11.5. The topological polar surface area (TPSA) is 105 Å². The number of nitrogens with one attached hydrogen (secondary N) is 2. The second kappa shape index (κ2) is 9.14. The molecule has 0 radical (unpaired) electrons. The Morgan fingerprint density at radius 2 is 2.03 bits per heavy atom. The van der Waals surface area contributed by atoms with Gasteiger partial charge in [0.05, 0.1) is 29.1 Å².